The highest BCUT2D eigenvalue weighted by molar-refractivity contribution is 5.81. The molecular formula is C13H13N5O. The van der Waals surface area contributed by atoms with E-state index in [1.165, 1.54) is 0 Å². The number of methoxy groups -OCH3 is 1. The molecule has 0 bridgehead atoms. The molecule has 0 saturated heterocycles. The van der Waals surface area contributed by atoms with Crippen molar-refractivity contribution in [2.75, 3.05) is 12.8 Å². The molecule has 0 aliphatic carbocycles. The molecule has 0 aliphatic heterocycles. The quantitative estimate of drug-likeness (QED) is 0.740. The van der Waals surface area contributed by atoms with Crippen LogP contribution in [0.1, 0.15) is 11.3 Å². The molecule has 96 valence electrons. The van der Waals surface area contributed by atoms with E-state index in [1.807, 2.05) is 24.3 Å². The standard InChI is InChI=1S/C13H13N5O/c1-19-10-4-2-8(3-5-10)6-9-7-15-13-11(16-9)12(14)17-18-13/h2-5,7H,6H2,1H3,(H3,14,15,17,18). The first kappa shape index (κ1) is 11.5. The number of ether oxygens (including phenoxy) is 1. The van der Waals surface area contributed by atoms with Gasteiger partial charge in [-0.25, -0.2) is 9.97 Å². The van der Waals surface area contributed by atoms with E-state index >= 15 is 0 Å². The van der Waals surface area contributed by atoms with Gasteiger partial charge in [-0.05, 0) is 17.7 Å². The lowest BCUT2D eigenvalue weighted by Gasteiger charge is -2.03. The zero-order chi connectivity index (χ0) is 13.2. The summed E-state index contributed by atoms with van der Waals surface area (Å²) < 4.78 is 5.13. The fraction of sp³-hybridized carbons (Fsp3) is 0.154. The molecule has 6 heteroatoms. The number of aromatic nitrogens is 4. The zero-order valence-electron chi connectivity index (χ0n) is 10.4. The van der Waals surface area contributed by atoms with Gasteiger partial charge in [-0.3, -0.25) is 5.10 Å². The lowest BCUT2D eigenvalue weighted by Crippen LogP contribution is -1.95. The van der Waals surface area contributed by atoms with Crippen LogP contribution in [-0.2, 0) is 6.42 Å². The van der Waals surface area contributed by atoms with Crippen molar-refractivity contribution in [3.05, 3.63) is 41.7 Å². The Bertz CT molecular complexity index is 705. The van der Waals surface area contributed by atoms with Crippen molar-refractivity contribution in [3.8, 4) is 5.75 Å². The highest BCUT2D eigenvalue weighted by Crippen LogP contribution is 2.16. The van der Waals surface area contributed by atoms with Gasteiger partial charge in [0.1, 0.15) is 11.6 Å². The van der Waals surface area contributed by atoms with Crippen LogP contribution < -0.4 is 10.5 Å². The second-order valence-electron chi connectivity index (χ2n) is 4.20. The Kier molecular flexibility index (Phi) is 2.75. The van der Waals surface area contributed by atoms with Crippen LogP contribution in [0.25, 0.3) is 11.2 Å². The van der Waals surface area contributed by atoms with Gasteiger partial charge in [-0.1, -0.05) is 12.1 Å². The number of H-pyrrole nitrogens is 1. The minimum absolute atomic E-state index is 0.444. The number of benzene rings is 1. The number of nitrogens with zero attached hydrogens (tertiary/aromatic N) is 3. The van der Waals surface area contributed by atoms with Crippen molar-refractivity contribution < 1.29 is 4.74 Å². The first-order valence-corrected chi connectivity index (χ1v) is 5.84. The Balaban J connectivity index is 1.89. The van der Waals surface area contributed by atoms with E-state index in [0.717, 1.165) is 17.0 Å². The summed E-state index contributed by atoms with van der Waals surface area (Å²) >= 11 is 0. The number of anilines is 1. The first-order valence-electron chi connectivity index (χ1n) is 5.84. The molecule has 0 unspecified atom stereocenters. The molecule has 3 rings (SSSR count). The minimum Gasteiger partial charge on any atom is -0.497 e. The van der Waals surface area contributed by atoms with Gasteiger partial charge in [0.2, 0.25) is 5.65 Å². The summed E-state index contributed by atoms with van der Waals surface area (Å²) in [5.74, 6) is 1.28. The Morgan fingerprint density at radius 1 is 1.26 bits per heavy atom. The predicted molar refractivity (Wildman–Crippen MR) is 71.9 cm³/mol. The van der Waals surface area contributed by atoms with Crippen molar-refractivity contribution in [2.45, 2.75) is 6.42 Å². The molecule has 1 aromatic carbocycles. The van der Waals surface area contributed by atoms with Crippen LogP contribution in [0.5, 0.6) is 5.75 Å². The average Bonchev–Trinajstić information content (AvgIpc) is 2.81. The first-order chi connectivity index (χ1) is 9.26. The van der Waals surface area contributed by atoms with E-state index in [0.29, 0.717) is 23.4 Å². The van der Waals surface area contributed by atoms with Crippen LogP contribution in [0, 0.1) is 0 Å². The van der Waals surface area contributed by atoms with Gasteiger partial charge in [0, 0.05) is 6.42 Å². The van der Waals surface area contributed by atoms with E-state index in [4.69, 9.17) is 10.5 Å². The third-order valence-corrected chi connectivity index (χ3v) is 2.88. The lowest BCUT2D eigenvalue weighted by molar-refractivity contribution is 0.414. The van der Waals surface area contributed by atoms with E-state index in [2.05, 4.69) is 20.2 Å². The summed E-state index contributed by atoms with van der Waals surface area (Å²) in [7, 11) is 1.65. The highest BCUT2D eigenvalue weighted by Gasteiger charge is 2.07. The molecule has 0 atom stereocenters. The van der Waals surface area contributed by atoms with E-state index in [9.17, 15) is 0 Å². The normalized spacial score (nSPS) is 10.8. The van der Waals surface area contributed by atoms with E-state index < -0.39 is 0 Å². The zero-order valence-corrected chi connectivity index (χ0v) is 10.4. The summed E-state index contributed by atoms with van der Waals surface area (Å²) in [6.07, 6.45) is 2.41. The third kappa shape index (κ3) is 2.20. The highest BCUT2D eigenvalue weighted by atomic mass is 16.5. The molecule has 6 nitrogen and oxygen atoms in total. The topological polar surface area (TPSA) is 89.7 Å². The number of hydrogen-bond acceptors (Lipinski definition) is 5. The minimum atomic E-state index is 0.444. The molecule has 0 spiro atoms. The van der Waals surface area contributed by atoms with Crippen LogP contribution >= 0.6 is 0 Å². The summed E-state index contributed by atoms with van der Waals surface area (Å²) in [5, 5.41) is 6.62. The lowest BCUT2D eigenvalue weighted by atomic mass is 10.1. The molecule has 3 N–H and O–H groups in total. The van der Waals surface area contributed by atoms with Crippen LogP contribution in [0.15, 0.2) is 30.5 Å². The molecule has 0 aliphatic rings. The van der Waals surface area contributed by atoms with Gasteiger partial charge in [-0.15, -0.1) is 0 Å². The largest absolute Gasteiger partial charge is 0.497 e. The predicted octanol–water partition coefficient (Wildman–Crippen LogP) is 1.53. The number of fused-ring (bicyclic) bond motifs is 1. The smallest absolute Gasteiger partial charge is 0.201 e. The maximum absolute atomic E-state index is 5.74. The Morgan fingerprint density at radius 2 is 2.05 bits per heavy atom. The third-order valence-electron chi connectivity index (χ3n) is 2.88. The van der Waals surface area contributed by atoms with Crippen LogP contribution in [0.3, 0.4) is 0 Å². The number of nitrogens with one attached hydrogen (secondary N) is 1. The SMILES string of the molecule is COc1ccc(Cc2cnc3n[nH]c(N)c3n2)cc1. The summed E-state index contributed by atoms with van der Waals surface area (Å²) in [6, 6.07) is 7.86. The Hall–Kier alpha value is -2.63. The average molecular weight is 255 g/mol. The second-order valence-corrected chi connectivity index (χ2v) is 4.20. The number of hydrogen-bond donors (Lipinski definition) is 2. The molecule has 19 heavy (non-hydrogen) atoms. The molecule has 0 saturated carbocycles. The number of rotatable bonds is 3. The van der Waals surface area contributed by atoms with Crippen molar-refractivity contribution in [1.82, 2.24) is 20.2 Å². The van der Waals surface area contributed by atoms with Crippen LogP contribution in [0.4, 0.5) is 5.82 Å². The molecule has 3 aromatic rings. The molecule has 2 aromatic heterocycles. The summed E-state index contributed by atoms with van der Waals surface area (Å²) in [5.41, 5.74) is 8.88. The van der Waals surface area contributed by atoms with Crippen molar-refractivity contribution in [2.24, 2.45) is 0 Å². The van der Waals surface area contributed by atoms with E-state index in [1.54, 1.807) is 13.3 Å². The summed E-state index contributed by atoms with van der Waals surface area (Å²) in [6.45, 7) is 0. The molecule has 2 heterocycles. The van der Waals surface area contributed by atoms with Crippen molar-refractivity contribution in [1.29, 1.82) is 0 Å². The van der Waals surface area contributed by atoms with Gasteiger partial charge in [-0.2, -0.15) is 5.10 Å². The van der Waals surface area contributed by atoms with Gasteiger partial charge in [0.15, 0.2) is 5.52 Å². The monoisotopic (exact) mass is 255 g/mol. The van der Waals surface area contributed by atoms with Crippen molar-refractivity contribution in [3.63, 3.8) is 0 Å². The maximum Gasteiger partial charge on any atom is 0.201 e. The number of nitrogen functional groups attached to an aromatic ring is 1. The Labute approximate surface area is 109 Å². The van der Waals surface area contributed by atoms with Crippen LogP contribution in [0.2, 0.25) is 0 Å². The van der Waals surface area contributed by atoms with Crippen LogP contribution in [-0.4, -0.2) is 27.3 Å². The molecule has 0 radical (unpaired) electrons. The second kappa shape index (κ2) is 4.56. The van der Waals surface area contributed by atoms with Gasteiger partial charge in [0.25, 0.3) is 0 Å². The molecule has 0 fully saturated rings. The maximum atomic E-state index is 5.74. The van der Waals surface area contributed by atoms with Crippen molar-refractivity contribution >= 4 is 17.0 Å². The molecule has 0 amide bonds. The fourth-order valence-corrected chi connectivity index (χ4v) is 1.89. The van der Waals surface area contributed by atoms with Gasteiger partial charge >= 0.3 is 0 Å². The van der Waals surface area contributed by atoms with Gasteiger partial charge < -0.3 is 10.5 Å². The molecular weight excluding hydrogens is 242 g/mol. The number of nitrogens with two attached hydrogens (primary N) is 1. The fourth-order valence-electron chi connectivity index (χ4n) is 1.89. The van der Waals surface area contributed by atoms with Gasteiger partial charge in [0.05, 0.1) is 19.0 Å². The van der Waals surface area contributed by atoms with E-state index in [-0.39, 0.29) is 0 Å². The summed E-state index contributed by atoms with van der Waals surface area (Å²) in [4.78, 5) is 8.68. The number of aromatic amines is 1. The Morgan fingerprint density at radius 3 is 2.79 bits per heavy atom.